The van der Waals surface area contributed by atoms with Crippen molar-refractivity contribution in [2.75, 3.05) is 5.32 Å². The highest BCUT2D eigenvalue weighted by molar-refractivity contribution is 9.10. The van der Waals surface area contributed by atoms with E-state index in [0.29, 0.717) is 10.2 Å². The van der Waals surface area contributed by atoms with E-state index in [-0.39, 0.29) is 11.9 Å². The average Bonchev–Trinajstić information content (AvgIpc) is 2.47. The third-order valence-electron chi connectivity index (χ3n) is 2.74. The van der Waals surface area contributed by atoms with Gasteiger partial charge in [-0.25, -0.2) is 9.97 Å². The van der Waals surface area contributed by atoms with E-state index in [1.54, 1.807) is 18.3 Å². The molecule has 2 heterocycles. The van der Waals surface area contributed by atoms with E-state index < -0.39 is 0 Å². The summed E-state index contributed by atoms with van der Waals surface area (Å²) >= 11 is 3.23. The number of aryl methyl sites for hydroxylation is 2. The number of anilines is 1. The Morgan fingerprint density at radius 1 is 1.25 bits per heavy atom. The lowest BCUT2D eigenvalue weighted by Crippen LogP contribution is -2.17. The van der Waals surface area contributed by atoms with Crippen LogP contribution in [-0.2, 0) is 12.8 Å². The summed E-state index contributed by atoms with van der Waals surface area (Å²) in [5, 5.41) is 10.6. The number of hydrogen-bond acceptors (Lipinski definition) is 5. The molecular formula is C13H14BrN5O. The Kier molecular flexibility index (Phi) is 4.73. The fraction of sp³-hybridized carbons (Fsp3) is 0.308. The van der Waals surface area contributed by atoms with Gasteiger partial charge in [-0.05, 0) is 40.9 Å². The number of aromatic nitrogens is 4. The molecule has 2 aromatic heterocycles. The Hall–Kier alpha value is -1.89. The predicted molar refractivity (Wildman–Crippen MR) is 78.5 cm³/mol. The maximum absolute atomic E-state index is 12.1. The standard InChI is InChI=1S/C13H14BrN5O/c1-3-9-10(4-2)18-19-13(16-9)17-12(20)8-6-5-7-15-11(8)14/h5-7H,3-4H2,1-2H3,(H,16,17,19,20). The first-order valence-electron chi connectivity index (χ1n) is 6.30. The summed E-state index contributed by atoms with van der Waals surface area (Å²) in [6.07, 6.45) is 3.12. The van der Waals surface area contributed by atoms with Crippen LogP contribution in [0.25, 0.3) is 0 Å². The third-order valence-corrected chi connectivity index (χ3v) is 3.37. The van der Waals surface area contributed by atoms with Gasteiger partial charge in [0.2, 0.25) is 5.95 Å². The second-order valence-electron chi connectivity index (χ2n) is 4.03. The van der Waals surface area contributed by atoms with Crippen molar-refractivity contribution in [3.05, 3.63) is 39.9 Å². The molecule has 6 nitrogen and oxygen atoms in total. The number of halogens is 1. The summed E-state index contributed by atoms with van der Waals surface area (Å²) in [6, 6.07) is 3.36. The minimum absolute atomic E-state index is 0.208. The fourth-order valence-corrected chi connectivity index (χ4v) is 2.15. The number of rotatable bonds is 4. The van der Waals surface area contributed by atoms with Crippen molar-refractivity contribution in [2.45, 2.75) is 26.7 Å². The van der Waals surface area contributed by atoms with Crippen LogP contribution in [0.3, 0.4) is 0 Å². The lowest BCUT2D eigenvalue weighted by molar-refractivity contribution is 0.102. The monoisotopic (exact) mass is 335 g/mol. The van der Waals surface area contributed by atoms with Crippen LogP contribution in [0.5, 0.6) is 0 Å². The van der Waals surface area contributed by atoms with Gasteiger partial charge < -0.3 is 0 Å². The molecular weight excluding hydrogens is 322 g/mol. The molecule has 1 N–H and O–H groups in total. The Balaban J connectivity index is 2.22. The number of nitrogens with zero attached hydrogens (tertiary/aromatic N) is 4. The highest BCUT2D eigenvalue weighted by Gasteiger charge is 2.13. The molecule has 104 valence electrons. The fourth-order valence-electron chi connectivity index (χ4n) is 1.72. The summed E-state index contributed by atoms with van der Waals surface area (Å²) in [5.74, 6) is -0.113. The summed E-state index contributed by atoms with van der Waals surface area (Å²) in [6.45, 7) is 3.99. The molecule has 2 rings (SSSR count). The van der Waals surface area contributed by atoms with Crippen molar-refractivity contribution < 1.29 is 4.79 Å². The Morgan fingerprint density at radius 2 is 2.00 bits per heavy atom. The van der Waals surface area contributed by atoms with Crippen molar-refractivity contribution in [3.8, 4) is 0 Å². The van der Waals surface area contributed by atoms with Crippen LogP contribution >= 0.6 is 15.9 Å². The van der Waals surface area contributed by atoms with Crippen molar-refractivity contribution in [1.29, 1.82) is 0 Å². The van der Waals surface area contributed by atoms with E-state index in [1.165, 1.54) is 0 Å². The Bertz CT molecular complexity index is 632. The van der Waals surface area contributed by atoms with Gasteiger partial charge in [-0.3, -0.25) is 10.1 Å². The first kappa shape index (κ1) is 14.5. The smallest absolute Gasteiger partial charge is 0.260 e. The van der Waals surface area contributed by atoms with Gasteiger partial charge >= 0.3 is 0 Å². The van der Waals surface area contributed by atoms with Crippen molar-refractivity contribution in [1.82, 2.24) is 20.2 Å². The Labute approximate surface area is 125 Å². The zero-order valence-electron chi connectivity index (χ0n) is 11.2. The van der Waals surface area contributed by atoms with Crippen LogP contribution in [0.15, 0.2) is 22.9 Å². The molecule has 0 spiro atoms. The predicted octanol–water partition coefficient (Wildman–Crippen LogP) is 2.41. The molecule has 0 saturated carbocycles. The van der Waals surface area contributed by atoms with Crippen LogP contribution in [-0.4, -0.2) is 26.1 Å². The molecule has 0 aliphatic heterocycles. The largest absolute Gasteiger partial charge is 0.289 e. The highest BCUT2D eigenvalue weighted by Crippen LogP contribution is 2.14. The topological polar surface area (TPSA) is 80.7 Å². The second-order valence-corrected chi connectivity index (χ2v) is 4.78. The van der Waals surface area contributed by atoms with Crippen LogP contribution < -0.4 is 5.32 Å². The number of amides is 1. The van der Waals surface area contributed by atoms with Gasteiger partial charge in [0.05, 0.1) is 17.0 Å². The molecule has 0 radical (unpaired) electrons. The zero-order valence-corrected chi connectivity index (χ0v) is 12.8. The summed E-state index contributed by atoms with van der Waals surface area (Å²) < 4.78 is 0.478. The van der Waals surface area contributed by atoms with E-state index in [0.717, 1.165) is 24.2 Å². The molecule has 0 saturated heterocycles. The van der Waals surface area contributed by atoms with E-state index >= 15 is 0 Å². The number of hydrogen-bond donors (Lipinski definition) is 1. The van der Waals surface area contributed by atoms with Gasteiger partial charge in [0.1, 0.15) is 4.60 Å². The van der Waals surface area contributed by atoms with Crippen molar-refractivity contribution in [3.63, 3.8) is 0 Å². The highest BCUT2D eigenvalue weighted by atomic mass is 79.9. The van der Waals surface area contributed by atoms with Gasteiger partial charge in [-0.15, -0.1) is 10.2 Å². The average molecular weight is 336 g/mol. The number of carbonyl (C=O) groups is 1. The molecule has 1 amide bonds. The lowest BCUT2D eigenvalue weighted by atomic mass is 10.2. The minimum Gasteiger partial charge on any atom is -0.289 e. The summed E-state index contributed by atoms with van der Waals surface area (Å²) in [5.41, 5.74) is 2.13. The summed E-state index contributed by atoms with van der Waals surface area (Å²) in [7, 11) is 0. The maximum atomic E-state index is 12.1. The molecule has 0 aliphatic carbocycles. The molecule has 20 heavy (non-hydrogen) atoms. The van der Waals surface area contributed by atoms with Crippen molar-refractivity contribution in [2.24, 2.45) is 0 Å². The van der Waals surface area contributed by atoms with Gasteiger partial charge in [-0.1, -0.05) is 13.8 Å². The number of pyridine rings is 1. The molecule has 0 aromatic carbocycles. The van der Waals surface area contributed by atoms with E-state index in [4.69, 9.17) is 0 Å². The lowest BCUT2D eigenvalue weighted by Gasteiger charge is -2.07. The first-order chi connectivity index (χ1) is 9.65. The molecule has 0 fully saturated rings. The van der Waals surface area contributed by atoms with Crippen LogP contribution in [0.2, 0.25) is 0 Å². The quantitative estimate of drug-likeness (QED) is 0.867. The van der Waals surface area contributed by atoms with Gasteiger partial charge in [0, 0.05) is 6.20 Å². The summed E-state index contributed by atoms with van der Waals surface area (Å²) in [4.78, 5) is 20.4. The zero-order chi connectivity index (χ0) is 14.5. The first-order valence-corrected chi connectivity index (χ1v) is 7.09. The molecule has 7 heteroatoms. The van der Waals surface area contributed by atoms with E-state index in [1.807, 2.05) is 13.8 Å². The maximum Gasteiger partial charge on any atom is 0.260 e. The van der Waals surface area contributed by atoms with Crippen molar-refractivity contribution >= 4 is 27.8 Å². The number of nitrogens with one attached hydrogen (secondary N) is 1. The number of carbonyl (C=O) groups excluding carboxylic acids is 1. The molecule has 0 unspecified atom stereocenters. The van der Waals surface area contributed by atoms with Crippen LogP contribution in [0.4, 0.5) is 5.95 Å². The van der Waals surface area contributed by atoms with E-state index in [9.17, 15) is 4.79 Å². The van der Waals surface area contributed by atoms with Gasteiger partial charge in [0.15, 0.2) is 0 Å². The van der Waals surface area contributed by atoms with Gasteiger partial charge in [-0.2, -0.15) is 0 Å². The normalized spacial score (nSPS) is 10.3. The second kappa shape index (κ2) is 6.51. The van der Waals surface area contributed by atoms with Crippen LogP contribution in [0.1, 0.15) is 35.6 Å². The third kappa shape index (κ3) is 3.16. The van der Waals surface area contributed by atoms with Crippen LogP contribution in [0, 0.1) is 0 Å². The van der Waals surface area contributed by atoms with E-state index in [2.05, 4.69) is 41.4 Å². The molecule has 0 aliphatic rings. The SMILES string of the molecule is CCc1nnc(NC(=O)c2cccnc2Br)nc1CC. The molecule has 2 aromatic rings. The minimum atomic E-state index is -0.321. The molecule has 0 bridgehead atoms. The van der Waals surface area contributed by atoms with Gasteiger partial charge in [0.25, 0.3) is 5.91 Å². The molecule has 0 atom stereocenters. The Morgan fingerprint density at radius 3 is 2.65 bits per heavy atom.